The van der Waals surface area contributed by atoms with Crippen molar-refractivity contribution in [3.8, 4) is 0 Å². The van der Waals surface area contributed by atoms with Crippen LogP contribution in [0, 0.1) is 46.3 Å². The lowest BCUT2D eigenvalue weighted by Crippen LogP contribution is -3.00. The van der Waals surface area contributed by atoms with Crippen LogP contribution in [-0.4, -0.2) is 15.8 Å². The highest BCUT2D eigenvalue weighted by Crippen LogP contribution is 2.68. The van der Waals surface area contributed by atoms with Crippen LogP contribution in [0.4, 0.5) is 0 Å². The zero-order valence-electron chi connectivity index (χ0n) is 21.7. The van der Waals surface area contributed by atoms with Gasteiger partial charge in [0.25, 0.3) is 0 Å². The maximum atomic E-state index is 10.3. The molecule has 4 aliphatic rings. The Kier molecular flexibility index (Phi) is 7.95. The predicted molar refractivity (Wildman–Crippen MR) is 130 cm³/mol. The molecule has 0 aromatic carbocycles. The van der Waals surface area contributed by atoms with Crippen LogP contribution < -0.4 is 28.5 Å². The molecule has 5 rings (SSSR count). The first-order valence-electron chi connectivity index (χ1n) is 14.1. The number of nitrogens with zero attached hydrogens (tertiary/aromatic N) is 2. The molecule has 0 unspecified atom stereocenters. The lowest BCUT2D eigenvalue weighted by molar-refractivity contribution is -0.697. The van der Waals surface area contributed by atoms with Crippen molar-refractivity contribution in [2.75, 3.05) is 0 Å². The van der Waals surface area contributed by atoms with Gasteiger partial charge in [0.2, 0.25) is 6.33 Å². The van der Waals surface area contributed by atoms with Crippen molar-refractivity contribution < 1.29 is 33.7 Å². The van der Waals surface area contributed by atoms with Crippen molar-refractivity contribution in [3.05, 3.63) is 18.7 Å². The quantitative estimate of drug-likeness (QED) is 0.415. The third-order valence-electron chi connectivity index (χ3n) is 11.6. The molecule has 1 aromatic heterocycles. The molecule has 33 heavy (non-hydrogen) atoms. The van der Waals surface area contributed by atoms with Crippen LogP contribution in [0.3, 0.4) is 0 Å². The average Bonchev–Trinajstić information content (AvgIpc) is 3.38. The highest BCUT2D eigenvalue weighted by molar-refractivity contribution is 5.09. The van der Waals surface area contributed by atoms with Crippen molar-refractivity contribution in [1.82, 2.24) is 4.57 Å². The first kappa shape index (κ1) is 26.0. The monoisotopic (exact) mass is 568 g/mol. The van der Waals surface area contributed by atoms with Crippen LogP contribution in [0.1, 0.15) is 98.3 Å². The summed E-state index contributed by atoms with van der Waals surface area (Å²) >= 11 is 0. The van der Waals surface area contributed by atoms with E-state index in [2.05, 4.69) is 55.6 Å². The van der Waals surface area contributed by atoms with Crippen molar-refractivity contribution >= 4 is 0 Å². The molecule has 0 saturated heterocycles. The fourth-order valence-electron chi connectivity index (χ4n) is 9.77. The highest BCUT2D eigenvalue weighted by Gasteiger charge is 2.60. The van der Waals surface area contributed by atoms with Gasteiger partial charge in [-0.2, -0.15) is 0 Å². The minimum atomic E-state index is -0.0195. The number of aryl methyl sites for hydroxylation is 2. The lowest BCUT2D eigenvalue weighted by Gasteiger charge is -2.61. The molecule has 0 spiro atoms. The molecule has 0 radical (unpaired) electrons. The van der Waals surface area contributed by atoms with Crippen LogP contribution in [0.25, 0.3) is 0 Å². The number of halogens is 1. The van der Waals surface area contributed by atoms with Gasteiger partial charge in [-0.3, -0.25) is 0 Å². The van der Waals surface area contributed by atoms with Crippen LogP contribution in [-0.2, 0) is 13.1 Å². The summed E-state index contributed by atoms with van der Waals surface area (Å²) in [7, 11) is 0. The number of aliphatic hydroxyl groups excluding tert-OH is 1. The van der Waals surface area contributed by atoms with E-state index in [1.165, 1.54) is 64.3 Å². The molecule has 1 heterocycles. The van der Waals surface area contributed by atoms with Gasteiger partial charge in [0.15, 0.2) is 0 Å². The number of hydrogen-bond acceptors (Lipinski definition) is 1. The normalized spacial score (nSPS) is 43.2. The second-order valence-corrected chi connectivity index (χ2v) is 12.9. The number of rotatable bonds is 6. The molecule has 4 aliphatic carbocycles. The summed E-state index contributed by atoms with van der Waals surface area (Å²) in [6, 6.07) is 0. The molecular weight excluding hydrogens is 519 g/mol. The standard InChI is InChI=1S/C29H49N2O.HI/c1-5-30-17-18-31(20-30)16-6-7-21(2)25-10-11-26-24-9-8-22-19-23(32)12-14-28(22,3)27(24)13-15-29(25,26)4;/h17-18,20-27,32H,5-16,19H2,1-4H3;1H/q+1;/p-1/t21-,22-,23-,24+,25-,26+,27+,28+,29-;/m1./s1. The summed E-state index contributed by atoms with van der Waals surface area (Å²) in [5, 5.41) is 10.3. The molecule has 4 saturated carbocycles. The van der Waals surface area contributed by atoms with Crippen LogP contribution in [0.15, 0.2) is 18.7 Å². The Morgan fingerprint density at radius 3 is 2.55 bits per heavy atom. The number of aliphatic hydroxyl groups is 1. The molecule has 4 fully saturated rings. The number of hydrogen-bond donors (Lipinski definition) is 1. The first-order chi connectivity index (χ1) is 15.3. The topological polar surface area (TPSA) is 29.0 Å². The summed E-state index contributed by atoms with van der Waals surface area (Å²) in [4.78, 5) is 0. The zero-order valence-corrected chi connectivity index (χ0v) is 23.8. The van der Waals surface area contributed by atoms with Gasteiger partial charge in [-0.15, -0.1) is 0 Å². The predicted octanol–water partition coefficient (Wildman–Crippen LogP) is 3.24. The van der Waals surface area contributed by atoms with Crippen molar-refractivity contribution in [2.24, 2.45) is 46.3 Å². The molecular formula is C29H49IN2O. The molecule has 1 N–H and O–H groups in total. The van der Waals surface area contributed by atoms with E-state index in [4.69, 9.17) is 0 Å². The SMILES string of the molecule is CCn1cc[n+](CCC[C@@H](C)[C@H]2CC[C@H]3[C@@H]4CC[C@@H]5C[C@H](O)CC[C@]5(C)[C@H]4CC[C@]23C)c1.[I-]. The summed E-state index contributed by atoms with van der Waals surface area (Å²) in [6.45, 7) is 12.4. The summed E-state index contributed by atoms with van der Waals surface area (Å²) in [6.07, 6.45) is 21.5. The Morgan fingerprint density at radius 2 is 1.79 bits per heavy atom. The summed E-state index contributed by atoms with van der Waals surface area (Å²) in [5.74, 6) is 5.43. The van der Waals surface area contributed by atoms with Crippen molar-refractivity contribution in [2.45, 2.75) is 118 Å². The molecule has 1 aromatic rings. The Labute approximate surface area is 220 Å². The molecule has 0 bridgehead atoms. The van der Waals surface area contributed by atoms with E-state index in [-0.39, 0.29) is 30.1 Å². The van der Waals surface area contributed by atoms with Crippen molar-refractivity contribution in [3.63, 3.8) is 0 Å². The minimum Gasteiger partial charge on any atom is -1.00 e. The number of imidazole rings is 1. The van der Waals surface area contributed by atoms with E-state index in [1.807, 2.05) is 0 Å². The molecule has 3 nitrogen and oxygen atoms in total. The molecule has 0 aliphatic heterocycles. The smallest absolute Gasteiger partial charge is 0.243 e. The zero-order chi connectivity index (χ0) is 22.5. The summed E-state index contributed by atoms with van der Waals surface area (Å²) in [5.41, 5.74) is 1.09. The van der Waals surface area contributed by atoms with Gasteiger partial charge in [-0.1, -0.05) is 20.8 Å². The van der Waals surface area contributed by atoms with Gasteiger partial charge in [-0.25, -0.2) is 9.13 Å². The molecule has 0 amide bonds. The number of aromatic nitrogens is 2. The van der Waals surface area contributed by atoms with E-state index in [0.29, 0.717) is 10.8 Å². The first-order valence-corrected chi connectivity index (χ1v) is 14.1. The van der Waals surface area contributed by atoms with Gasteiger partial charge in [0.05, 0.1) is 19.2 Å². The Morgan fingerprint density at radius 1 is 1.03 bits per heavy atom. The molecule has 9 atom stereocenters. The average molecular weight is 569 g/mol. The van der Waals surface area contributed by atoms with Gasteiger partial charge in [0.1, 0.15) is 12.4 Å². The maximum Gasteiger partial charge on any atom is 0.243 e. The lowest BCUT2D eigenvalue weighted by atomic mass is 9.44. The maximum absolute atomic E-state index is 10.3. The van der Waals surface area contributed by atoms with Crippen LogP contribution in [0.2, 0.25) is 0 Å². The minimum absolute atomic E-state index is 0. The third-order valence-corrected chi connectivity index (χ3v) is 11.6. The second kappa shape index (κ2) is 10.1. The van der Waals surface area contributed by atoms with Gasteiger partial charge in [-0.05, 0) is 124 Å². The third kappa shape index (κ3) is 4.58. The van der Waals surface area contributed by atoms with Crippen LogP contribution in [0.5, 0.6) is 0 Å². The van der Waals surface area contributed by atoms with E-state index in [1.54, 1.807) is 0 Å². The van der Waals surface area contributed by atoms with Gasteiger partial charge >= 0.3 is 0 Å². The van der Waals surface area contributed by atoms with Gasteiger partial charge < -0.3 is 29.1 Å². The van der Waals surface area contributed by atoms with E-state index in [0.717, 1.165) is 54.9 Å². The fourth-order valence-corrected chi connectivity index (χ4v) is 9.77. The van der Waals surface area contributed by atoms with E-state index in [9.17, 15) is 5.11 Å². The number of fused-ring (bicyclic) bond motifs is 5. The second-order valence-electron chi connectivity index (χ2n) is 12.9. The van der Waals surface area contributed by atoms with Crippen LogP contribution >= 0.6 is 0 Å². The summed E-state index contributed by atoms with van der Waals surface area (Å²) < 4.78 is 4.65. The van der Waals surface area contributed by atoms with Gasteiger partial charge in [0, 0.05) is 0 Å². The van der Waals surface area contributed by atoms with Crippen molar-refractivity contribution in [1.29, 1.82) is 0 Å². The molecule has 4 heteroatoms. The Balaban J connectivity index is 0.00000259. The Bertz CT molecular complexity index is 794. The fraction of sp³-hybridized carbons (Fsp3) is 0.897. The largest absolute Gasteiger partial charge is 1.00 e. The molecule has 188 valence electrons. The Hall–Kier alpha value is -0.100. The van der Waals surface area contributed by atoms with E-state index < -0.39 is 0 Å². The highest BCUT2D eigenvalue weighted by atomic mass is 127. The van der Waals surface area contributed by atoms with E-state index >= 15 is 0 Å².